The van der Waals surface area contributed by atoms with E-state index in [4.69, 9.17) is 14.5 Å². The first kappa shape index (κ1) is 15.7. The third-order valence-corrected chi connectivity index (χ3v) is 4.44. The van der Waals surface area contributed by atoms with Crippen LogP contribution in [0.4, 0.5) is 0 Å². The molecule has 0 aliphatic heterocycles. The van der Waals surface area contributed by atoms with Gasteiger partial charge in [-0.25, -0.2) is 4.98 Å². The van der Waals surface area contributed by atoms with Gasteiger partial charge in [0.2, 0.25) is 0 Å². The molecule has 5 nitrogen and oxygen atoms in total. The number of methoxy groups -OCH3 is 1. The number of rotatable bonds is 6. The first-order valence-corrected chi connectivity index (χ1v) is 8.41. The molecule has 0 saturated carbocycles. The molecule has 128 valence electrons. The molecule has 0 saturated heterocycles. The highest BCUT2D eigenvalue weighted by atomic mass is 16.5. The fourth-order valence-corrected chi connectivity index (χ4v) is 3.24. The van der Waals surface area contributed by atoms with Crippen LogP contribution in [0.3, 0.4) is 0 Å². The standard InChI is InChI=1S/C20H21N3O2/c1-13-11-18(25-10-9-24-2)15(14-7-8-21-20(13)14)12-19-22-16-5-3-4-6-17(16)23-19/h3-8,11,21H,9-10,12H2,1-2H3,(H,22,23). The van der Waals surface area contributed by atoms with Gasteiger partial charge < -0.3 is 19.4 Å². The van der Waals surface area contributed by atoms with Crippen molar-refractivity contribution in [1.29, 1.82) is 0 Å². The molecular weight excluding hydrogens is 314 g/mol. The van der Waals surface area contributed by atoms with Gasteiger partial charge >= 0.3 is 0 Å². The highest BCUT2D eigenvalue weighted by Gasteiger charge is 2.15. The maximum absolute atomic E-state index is 6.00. The number of ether oxygens (including phenoxy) is 2. The summed E-state index contributed by atoms with van der Waals surface area (Å²) in [6.45, 7) is 3.18. The van der Waals surface area contributed by atoms with Gasteiger partial charge in [-0.3, -0.25) is 0 Å². The number of hydrogen-bond acceptors (Lipinski definition) is 3. The van der Waals surface area contributed by atoms with Gasteiger partial charge in [0.15, 0.2) is 0 Å². The van der Waals surface area contributed by atoms with Gasteiger partial charge in [0.1, 0.15) is 18.2 Å². The van der Waals surface area contributed by atoms with Crippen LogP contribution in [0, 0.1) is 6.92 Å². The number of H-pyrrole nitrogens is 2. The van der Waals surface area contributed by atoms with E-state index in [1.807, 2.05) is 30.5 Å². The Morgan fingerprint density at radius 1 is 1.12 bits per heavy atom. The van der Waals surface area contributed by atoms with Crippen LogP contribution in [-0.4, -0.2) is 35.3 Å². The van der Waals surface area contributed by atoms with Crippen molar-refractivity contribution in [2.45, 2.75) is 13.3 Å². The predicted octanol–water partition coefficient (Wildman–Crippen LogP) is 3.97. The maximum atomic E-state index is 6.00. The van der Waals surface area contributed by atoms with Crippen LogP contribution >= 0.6 is 0 Å². The number of para-hydroxylation sites is 2. The molecule has 2 aromatic carbocycles. The van der Waals surface area contributed by atoms with E-state index in [0.29, 0.717) is 19.6 Å². The molecule has 0 unspecified atom stereocenters. The molecule has 0 atom stereocenters. The summed E-state index contributed by atoms with van der Waals surface area (Å²) in [4.78, 5) is 11.4. The summed E-state index contributed by atoms with van der Waals surface area (Å²) in [6, 6.07) is 12.3. The minimum Gasteiger partial charge on any atom is -0.491 e. The molecule has 4 rings (SSSR count). The number of aryl methyl sites for hydroxylation is 1. The van der Waals surface area contributed by atoms with Crippen LogP contribution in [0.15, 0.2) is 42.6 Å². The Balaban J connectivity index is 1.76. The van der Waals surface area contributed by atoms with E-state index in [1.165, 1.54) is 10.9 Å². The molecule has 0 aliphatic carbocycles. The molecule has 0 fully saturated rings. The van der Waals surface area contributed by atoms with Gasteiger partial charge in [0, 0.05) is 36.2 Å². The first-order chi connectivity index (χ1) is 12.3. The van der Waals surface area contributed by atoms with Crippen molar-refractivity contribution in [2.24, 2.45) is 0 Å². The summed E-state index contributed by atoms with van der Waals surface area (Å²) in [5, 5.41) is 1.17. The Morgan fingerprint density at radius 3 is 2.84 bits per heavy atom. The minimum absolute atomic E-state index is 0.527. The molecule has 0 aliphatic rings. The highest BCUT2D eigenvalue weighted by Crippen LogP contribution is 2.32. The quantitative estimate of drug-likeness (QED) is 0.524. The van der Waals surface area contributed by atoms with Gasteiger partial charge in [-0.05, 0) is 36.8 Å². The molecule has 2 heterocycles. The maximum Gasteiger partial charge on any atom is 0.124 e. The van der Waals surface area contributed by atoms with E-state index in [-0.39, 0.29) is 0 Å². The largest absolute Gasteiger partial charge is 0.491 e. The second-order valence-electron chi connectivity index (χ2n) is 6.16. The average Bonchev–Trinajstić information content (AvgIpc) is 3.25. The number of imidazole rings is 1. The molecule has 0 amide bonds. The fourth-order valence-electron chi connectivity index (χ4n) is 3.24. The van der Waals surface area contributed by atoms with Crippen molar-refractivity contribution in [1.82, 2.24) is 15.0 Å². The third-order valence-electron chi connectivity index (χ3n) is 4.44. The van der Waals surface area contributed by atoms with E-state index in [1.54, 1.807) is 7.11 Å². The van der Waals surface area contributed by atoms with Gasteiger partial charge in [-0.15, -0.1) is 0 Å². The number of benzene rings is 2. The van der Waals surface area contributed by atoms with E-state index < -0.39 is 0 Å². The molecule has 0 radical (unpaired) electrons. The van der Waals surface area contributed by atoms with Crippen molar-refractivity contribution in [3.8, 4) is 5.75 Å². The average molecular weight is 335 g/mol. The minimum atomic E-state index is 0.527. The lowest BCUT2D eigenvalue weighted by atomic mass is 10.0. The van der Waals surface area contributed by atoms with Crippen LogP contribution in [-0.2, 0) is 11.2 Å². The molecule has 2 aromatic heterocycles. The smallest absolute Gasteiger partial charge is 0.124 e. The fraction of sp³-hybridized carbons (Fsp3) is 0.250. The summed E-state index contributed by atoms with van der Waals surface area (Å²) in [6.07, 6.45) is 2.66. The van der Waals surface area contributed by atoms with Gasteiger partial charge in [-0.1, -0.05) is 12.1 Å². The Hall–Kier alpha value is -2.79. The Kier molecular flexibility index (Phi) is 4.15. The number of aromatic amines is 2. The van der Waals surface area contributed by atoms with E-state index in [0.717, 1.165) is 33.7 Å². The highest BCUT2D eigenvalue weighted by molar-refractivity contribution is 5.88. The first-order valence-electron chi connectivity index (χ1n) is 8.41. The SMILES string of the molecule is COCCOc1cc(C)c2[nH]ccc2c1Cc1nc2ccccc2[nH]1. The number of aromatic nitrogens is 3. The van der Waals surface area contributed by atoms with Crippen LogP contribution < -0.4 is 4.74 Å². The van der Waals surface area contributed by atoms with E-state index in [9.17, 15) is 0 Å². The number of nitrogens with one attached hydrogen (secondary N) is 2. The lowest BCUT2D eigenvalue weighted by molar-refractivity contribution is 0.146. The topological polar surface area (TPSA) is 62.9 Å². The second kappa shape index (κ2) is 6.61. The molecule has 0 spiro atoms. The van der Waals surface area contributed by atoms with Crippen LogP contribution in [0.2, 0.25) is 0 Å². The third kappa shape index (κ3) is 2.98. The second-order valence-corrected chi connectivity index (χ2v) is 6.16. The van der Waals surface area contributed by atoms with Crippen molar-refractivity contribution in [3.63, 3.8) is 0 Å². The van der Waals surface area contributed by atoms with Crippen molar-refractivity contribution in [2.75, 3.05) is 20.3 Å². The number of hydrogen-bond donors (Lipinski definition) is 2. The monoisotopic (exact) mass is 335 g/mol. The van der Waals surface area contributed by atoms with Crippen LogP contribution in [0.5, 0.6) is 5.75 Å². The molecule has 25 heavy (non-hydrogen) atoms. The van der Waals surface area contributed by atoms with Gasteiger partial charge in [0.05, 0.1) is 17.6 Å². The molecule has 0 bridgehead atoms. The zero-order valence-corrected chi connectivity index (χ0v) is 14.4. The van der Waals surface area contributed by atoms with Crippen molar-refractivity contribution >= 4 is 21.9 Å². The lowest BCUT2D eigenvalue weighted by Crippen LogP contribution is -2.07. The summed E-state index contributed by atoms with van der Waals surface area (Å²) < 4.78 is 11.1. The van der Waals surface area contributed by atoms with Crippen molar-refractivity contribution < 1.29 is 9.47 Å². The van der Waals surface area contributed by atoms with Crippen molar-refractivity contribution in [3.05, 3.63) is 59.5 Å². The summed E-state index contributed by atoms with van der Waals surface area (Å²) in [7, 11) is 1.68. The number of fused-ring (bicyclic) bond motifs is 2. The predicted molar refractivity (Wildman–Crippen MR) is 99.3 cm³/mol. The van der Waals surface area contributed by atoms with Crippen LogP contribution in [0.1, 0.15) is 17.0 Å². The van der Waals surface area contributed by atoms with E-state index >= 15 is 0 Å². The van der Waals surface area contributed by atoms with Crippen LogP contribution in [0.25, 0.3) is 21.9 Å². The zero-order chi connectivity index (χ0) is 17.2. The summed E-state index contributed by atoms with van der Waals surface area (Å²) >= 11 is 0. The lowest BCUT2D eigenvalue weighted by Gasteiger charge is -2.13. The Labute approximate surface area is 146 Å². The summed E-state index contributed by atoms with van der Waals surface area (Å²) in [5.41, 5.74) is 5.48. The van der Waals surface area contributed by atoms with E-state index in [2.05, 4.69) is 29.0 Å². The summed E-state index contributed by atoms with van der Waals surface area (Å²) in [5.74, 6) is 1.83. The molecule has 4 aromatic rings. The Morgan fingerprint density at radius 2 is 2.00 bits per heavy atom. The zero-order valence-electron chi connectivity index (χ0n) is 14.4. The Bertz CT molecular complexity index is 983. The molecule has 2 N–H and O–H groups in total. The molecular formula is C20H21N3O2. The van der Waals surface area contributed by atoms with Gasteiger partial charge in [0.25, 0.3) is 0 Å². The van der Waals surface area contributed by atoms with Gasteiger partial charge in [-0.2, -0.15) is 0 Å². The number of nitrogens with zero attached hydrogens (tertiary/aromatic N) is 1. The molecule has 5 heteroatoms. The normalized spacial score (nSPS) is 11.4.